The summed E-state index contributed by atoms with van der Waals surface area (Å²) in [6.45, 7) is 5.78. The van der Waals surface area contributed by atoms with Gasteiger partial charge in [0.15, 0.2) is 14.9 Å². The minimum absolute atomic E-state index is 0.0159. The van der Waals surface area contributed by atoms with Gasteiger partial charge in [0.05, 0.1) is 11.3 Å². The molecule has 1 aliphatic heterocycles. The average Bonchev–Trinajstić information content (AvgIpc) is 2.53. The van der Waals surface area contributed by atoms with Crippen molar-refractivity contribution in [1.82, 2.24) is 9.88 Å². The monoisotopic (exact) mass is 365 g/mol. The quantitative estimate of drug-likeness (QED) is 0.816. The third-order valence-electron chi connectivity index (χ3n) is 3.85. The Labute approximate surface area is 148 Å². The molecule has 136 valence electrons. The van der Waals surface area contributed by atoms with E-state index in [2.05, 4.69) is 4.98 Å². The molecule has 1 atom stereocenters. The third-order valence-corrected chi connectivity index (χ3v) is 5.59. The number of ether oxygens (including phenoxy) is 1. The van der Waals surface area contributed by atoms with E-state index in [-0.39, 0.29) is 16.3 Å². The van der Waals surface area contributed by atoms with Crippen LogP contribution in [0.3, 0.4) is 0 Å². The molecule has 1 aliphatic rings. The van der Waals surface area contributed by atoms with E-state index in [0.29, 0.717) is 13.0 Å². The van der Waals surface area contributed by atoms with Crippen molar-refractivity contribution in [2.24, 2.45) is 0 Å². The van der Waals surface area contributed by atoms with Crippen molar-refractivity contribution in [2.45, 2.75) is 56.7 Å². The Balaban J connectivity index is 2.23. The summed E-state index contributed by atoms with van der Waals surface area (Å²) >= 11 is 0. The number of nitriles is 1. The van der Waals surface area contributed by atoms with Crippen molar-refractivity contribution in [3.8, 4) is 6.07 Å². The molecule has 0 saturated carbocycles. The lowest BCUT2D eigenvalue weighted by atomic mass is 10.0. The number of piperidine rings is 1. The molecule has 7 nitrogen and oxygen atoms in total. The van der Waals surface area contributed by atoms with E-state index >= 15 is 0 Å². The fourth-order valence-corrected chi connectivity index (χ4v) is 4.47. The molecule has 0 radical (unpaired) electrons. The summed E-state index contributed by atoms with van der Waals surface area (Å²) in [6.07, 6.45) is 3.07. The van der Waals surface area contributed by atoms with E-state index in [1.165, 1.54) is 23.2 Å². The van der Waals surface area contributed by atoms with Crippen LogP contribution >= 0.6 is 0 Å². The first kappa shape index (κ1) is 19.2. The summed E-state index contributed by atoms with van der Waals surface area (Å²) in [7, 11) is -3.80. The van der Waals surface area contributed by atoms with Crippen molar-refractivity contribution < 1.29 is 17.9 Å². The highest BCUT2D eigenvalue weighted by molar-refractivity contribution is 7.91. The molecular formula is C17H23N3O4S. The molecule has 25 heavy (non-hydrogen) atoms. The maximum atomic E-state index is 12.7. The van der Waals surface area contributed by atoms with Gasteiger partial charge in [-0.15, -0.1) is 0 Å². The predicted octanol–water partition coefficient (Wildman–Crippen LogP) is 2.52. The summed E-state index contributed by atoms with van der Waals surface area (Å²) < 4.78 is 30.9. The van der Waals surface area contributed by atoms with Gasteiger partial charge in [-0.3, -0.25) is 0 Å². The number of hydrogen-bond donors (Lipinski definition) is 0. The lowest BCUT2D eigenvalue weighted by Crippen LogP contribution is -2.49. The van der Waals surface area contributed by atoms with Crippen molar-refractivity contribution in [3.05, 3.63) is 23.9 Å². The maximum Gasteiger partial charge on any atom is 0.410 e. The lowest BCUT2D eigenvalue weighted by Gasteiger charge is -2.36. The molecule has 0 spiro atoms. The third kappa shape index (κ3) is 4.92. The molecule has 1 aromatic rings. The van der Waals surface area contributed by atoms with Gasteiger partial charge in [0.25, 0.3) is 0 Å². The van der Waals surface area contributed by atoms with Crippen LogP contribution in [-0.2, 0) is 14.6 Å². The van der Waals surface area contributed by atoms with Gasteiger partial charge in [-0.1, -0.05) is 0 Å². The largest absolute Gasteiger partial charge is 0.444 e. The number of amides is 1. The van der Waals surface area contributed by atoms with Crippen LogP contribution in [0.4, 0.5) is 4.79 Å². The molecule has 2 heterocycles. The van der Waals surface area contributed by atoms with E-state index < -0.39 is 27.6 Å². The Morgan fingerprint density at radius 3 is 2.80 bits per heavy atom. The van der Waals surface area contributed by atoms with E-state index in [4.69, 9.17) is 10.00 Å². The average molecular weight is 365 g/mol. The first-order valence-corrected chi connectivity index (χ1v) is 9.87. The normalized spacial score (nSPS) is 18.5. The molecule has 1 fully saturated rings. The molecule has 1 saturated heterocycles. The van der Waals surface area contributed by atoms with Crippen LogP contribution in [0.1, 0.15) is 45.6 Å². The van der Waals surface area contributed by atoms with Crippen molar-refractivity contribution in [2.75, 3.05) is 12.3 Å². The zero-order chi connectivity index (χ0) is 18.7. The zero-order valence-electron chi connectivity index (χ0n) is 14.7. The number of carbonyl (C=O) groups excluding carboxylic acids is 1. The molecule has 1 amide bonds. The zero-order valence-corrected chi connectivity index (χ0v) is 15.5. The summed E-state index contributed by atoms with van der Waals surface area (Å²) in [6, 6.07) is 4.31. The Hall–Kier alpha value is -2.14. The van der Waals surface area contributed by atoms with E-state index in [1.807, 2.05) is 6.07 Å². The second kappa shape index (κ2) is 7.40. The number of carbonyl (C=O) groups is 1. The van der Waals surface area contributed by atoms with E-state index in [9.17, 15) is 13.2 Å². The highest BCUT2D eigenvalue weighted by atomic mass is 32.2. The fraction of sp³-hybridized carbons (Fsp3) is 0.588. The van der Waals surface area contributed by atoms with Crippen LogP contribution in [0.25, 0.3) is 0 Å². The smallest absolute Gasteiger partial charge is 0.410 e. The van der Waals surface area contributed by atoms with Gasteiger partial charge in [0.2, 0.25) is 0 Å². The Morgan fingerprint density at radius 1 is 1.44 bits per heavy atom. The molecule has 0 aliphatic carbocycles. The van der Waals surface area contributed by atoms with Gasteiger partial charge in [-0.05, 0) is 52.2 Å². The van der Waals surface area contributed by atoms with Crippen LogP contribution in [0.5, 0.6) is 0 Å². The summed E-state index contributed by atoms with van der Waals surface area (Å²) in [4.78, 5) is 17.8. The number of pyridine rings is 1. The van der Waals surface area contributed by atoms with Crippen LogP contribution in [-0.4, -0.2) is 48.3 Å². The molecule has 0 N–H and O–H groups in total. The van der Waals surface area contributed by atoms with Crippen LogP contribution < -0.4 is 0 Å². The maximum absolute atomic E-state index is 12.7. The minimum Gasteiger partial charge on any atom is -0.444 e. The number of sulfone groups is 1. The number of aromatic nitrogens is 1. The Morgan fingerprint density at radius 2 is 2.16 bits per heavy atom. The SMILES string of the molecule is CC(C)(C)OC(=O)N1CCCC[C@@H]1CS(=O)(=O)c1ncccc1C#N. The predicted molar refractivity (Wildman–Crippen MR) is 91.6 cm³/mol. The van der Waals surface area contributed by atoms with Gasteiger partial charge in [0.1, 0.15) is 11.7 Å². The Bertz CT molecular complexity index is 778. The van der Waals surface area contributed by atoms with Crippen LogP contribution in [0.2, 0.25) is 0 Å². The van der Waals surface area contributed by atoms with Crippen LogP contribution in [0, 0.1) is 11.3 Å². The van der Waals surface area contributed by atoms with E-state index in [1.54, 1.807) is 20.8 Å². The molecule has 0 aromatic carbocycles. The van der Waals surface area contributed by atoms with Gasteiger partial charge in [-0.25, -0.2) is 18.2 Å². The van der Waals surface area contributed by atoms with Gasteiger partial charge in [-0.2, -0.15) is 5.26 Å². The van der Waals surface area contributed by atoms with E-state index in [0.717, 1.165) is 12.8 Å². The fourth-order valence-electron chi connectivity index (χ4n) is 2.79. The first-order valence-electron chi connectivity index (χ1n) is 8.21. The number of hydrogen-bond acceptors (Lipinski definition) is 6. The second-order valence-electron chi connectivity index (χ2n) is 7.07. The second-order valence-corrected chi connectivity index (χ2v) is 9.02. The topological polar surface area (TPSA) is 100 Å². The lowest BCUT2D eigenvalue weighted by molar-refractivity contribution is 0.0124. The molecular weight excluding hydrogens is 342 g/mol. The minimum atomic E-state index is -3.80. The molecule has 0 bridgehead atoms. The summed E-state index contributed by atoms with van der Waals surface area (Å²) in [5.41, 5.74) is -0.630. The highest BCUT2D eigenvalue weighted by Crippen LogP contribution is 2.24. The Kier molecular flexibility index (Phi) is 5.68. The highest BCUT2D eigenvalue weighted by Gasteiger charge is 2.35. The molecule has 8 heteroatoms. The molecule has 0 unspecified atom stereocenters. The summed E-state index contributed by atoms with van der Waals surface area (Å²) in [5.74, 6) is -0.266. The van der Waals surface area contributed by atoms with Gasteiger partial charge < -0.3 is 9.64 Å². The van der Waals surface area contributed by atoms with Gasteiger partial charge in [0, 0.05) is 18.8 Å². The van der Waals surface area contributed by atoms with Crippen molar-refractivity contribution >= 4 is 15.9 Å². The molecule has 2 rings (SSSR count). The van der Waals surface area contributed by atoms with Crippen molar-refractivity contribution in [3.63, 3.8) is 0 Å². The molecule has 1 aromatic heterocycles. The van der Waals surface area contributed by atoms with Crippen LogP contribution in [0.15, 0.2) is 23.4 Å². The number of nitrogens with zero attached hydrogens (tertiary/aromatic N) is 3. The van der Waals surface area contributed by atoms with Crippen molar-refractivity contribution in [1.29, 1.82) is 5.26 Å². The summed E-state index contributed by atoms with van der Waals surface area (Å²) in [5, 5.41) is 8.89. The number of likely N-dealkylation sites (tertiary alicyclic amines) is 1. The first-order chi connectivity index (χ1) is 11.6. The standard InChI is InChI=1S/C17H23N3O4S/c1-17(2,3)24-16(21)20-10-5-4-8-14(20)12-25(22,23)15-13(11-18)7-6-9-19-15/h6-7,9,14H,4-5,8,10,12H2,1-3H3/t14-/m1/s1. The van der Waals surface area contributed by atoms with Gasteiger partial charge >= 0.3 is 6.09 Å². The number of rotatable bonds is 3.